The lowest BCUT2D eigenvalue weighted by atomic mass is 10.1. The van der Waals surface area contributed by atoms with Crippen LogP contribution < -0.4 is 5.56 Å². The van der Waals surface area contributed by atoms with Crippen LogP contribution in [0.4, 0.5) is 13.2 Å². The van der Waals surface area contributed by atoms with Crippen molar-refractivity contribution in [3.63, 3.8) is 0 Å². The summed E-state index contributed by atoms with van der Waals surface area (Å²) in [5, 5.41) is 0.183. The van der Waals surface area contributed by atoms with Gasteiger partial charge < -0.3 is 4.74 Å². The van der Waals surface area contributed by atoms with Crippen LogP contribution in [0, 0.1) is 5.82 Å². The van der Waals surface area contributed by atoms with Gasteiger partial charge in [0.15, 0.2) is 0 Å². The van der Waals surface area contributed by atoms with Crippen LogP contribution in [0.3, 0.4) is 0 Å². The maximum atomic E-state index is 14.7. The summed E-state index contributed by atoms with van der Waals surface area (Å²) in [6, 6.07) is 2.70. The highest BCUT2D eigenvalue weighted by Crippen LogP contribution is 2.38. The van der Waals surface area contributed by atoms with E-state index < -0.39 is 12.4 Å². The van der Waals surface area contributed by atoms with Gasteiger partial charge in [-0.1, -0.05) is 0 Å². The van der Waals surface area contributed by atoms with Gasteiger partial charge in [0.25, 0.3) is 5.56 Å². The Bertz CT molecular complexity index is 1080. The largest absolute Gasteiger partial charge is 0.345 e. The number of rotatable bonds is 9. The zero-order valence-electron chi connectivity index (χ0n) is 16.2. The number of hydrogen-bond donors (Lipinski definition) is 0. The second kappa shape index (κ2) is 8.91. The molecule has 9 heteroatoms. The van der Waals surface area contributed by atoms with Crippen LogP contribution in [0.15, 0.2) is 35.6 Å². The Balaban J connectivity index is 1.48. The summed E-state index contributed by atoms with van der Waals surface area (Å²) < 4.78 is 44.2. The highest BCUT2D eigenvalue weighted by atomic mass is 19.3. The average Bonchev–Trinajstić information content (AvgIpc) is 3.57. The third kappa shape index (κ3) is 4.67. The molecule has 0 radical (unpaired) electrons. The summed E-state index contributed by atoms with van der Waals surface area (Å²) >= 11 is 0. The molecule has 0 atom stereocenters. The quantitative estimate of drug-likeness (QED) is 0.485. The van der Waals surface area contributed by atoms with Crippen molar-refractivity contribution >= 4 is 10.9 Å². The summed E-state index contributed by atoms with van der Waals surface area (Å²) in [4.78, 5) is 25.6. The fourth-order valence-electron chi connectivity index (χ4n) is 3.33. The van der Waals surface area contributed by atoms with Crippen LogP contribution in [-0.2, 0) is 11.3 Å². The molecule has 158 valence electrons. The van der Waals surface area contributed by atoms with Crippen molar-refractivity contribution in [3.8, 4) is 11.3 Å². The van der Waals surface area contributed by atoms with Crippen molar-refractivity contribution in [2.45, 2.75) is 51.2 Å². The first kappa shape index (κ1) is 20.5. The van der Waals surface area contributed by atoms with Gasteiger partial charge in [0.2, 0.25) is 0 Å². The molecule has 6 nitrogen and oxygen atoms in total. The SMILES string of the molecule is O=c1c2cc(F)c(-c3cnc(C4CC4)cn3)cc2ncn1CCCCCOC(F)F. The molecule has 1 fully saturated rings. The van der Waals surface area contributed by atoms with E-state index in [0.29, 0.717) is 42.9 Å². The first-order valence-corrected chi connectivity index (χ1v) is 9.93. The lowest BCUT2D eigenvalue weighted by molar-refractivity contribution is -0.129. The number of ether oxygens (including phenoxy) is 1. The number of benzene rings is 1. The molecular formula is C21H21F3N4O2. The number of halogens is 3. The standard InChI is InChI=1S/C21H21F3N4O2/c22-16-8-15-17(9-14(16)19-11-25-18(10-26-19)13-4-5-13)27-12-28(20(15)29)6-2-1-3-7-30-21(23)24/h8-13,21H,1-7H2. The number of aromatic nitrogens is 4. The van der Waals surface area contributed by atoms with E-state index in [4.69, 9.17) is 0 Å². The van der Waals surface area contributed by atoms with E-state index in [1.807, 2.05) is 0 Å². The van der Waals surface area contributed by atoms with Gasteiger partial charge in [0, 0.05) is 24.2 Å². The van der Waals surface area contributed by atoms with Gasteiger partial charge in [-0.05, 0) is 44.2 Å². The lowest BCUT2D eigenvalue weighted by Crippen LogP contribution is -2.21. The summed E-state index contributed by atoms with van der Waals surface area (Å²) in [5.74, 6) is -0.0956. The molecule has 4 rings (SSSR count). The van der Waals surface area contributed by atoms with Crippen LogP contribution in [0.1, 0.15) is 43.7 Å². The Hall–Kier alpha value is -2.81. The number of hydrogen-bond acceptors (Lipinski definition) is 5. The molecule has 1 aliphatic rings. The van der Waals surface area contributed by atoms with Gasteiger partial charge in [0.05, 0.1) is 41.4 Å². The number of aryl methyl sites for hydroxylation is 1. The van der Waals surface area contributed by atoms with Gasteiger partial charge in [-0.25, -0.2) is 9.37 Å². The second-order valence-electron chi connectivity index (χ2n) is 7.39. The Kier molecular flexibility index (Phi) is 6.08. The molecule has 3 aromatic rings. The maximum Gasteiger partial charge on any atom is 0.345 e. The predicted octanol–water partition coefficient (Wildman–Crippen LogP) is 4.28. The number of alkyl halides is 2. The zero-order chi connectivity index (χ0) is 21.1. The van der Waals surface area contributed by atoms with Crippen molar-refractivity contribution in [3.05, 3.63) is 52.7 Å². The van der Waals surface area contributed by atoms with Crippen LogP contribution >= 0.6 is 0 Å². The summed E-state index contributed by atoms with van der Waals surface area (Å²) in [6.07, 6.45) is 8.56. The summed E-state index contributed by atoms with van der Waals surface area (Å²) in [7, 11) is 0. The van der Waals surface area contributed by atoms with Gasteiger partial charge in [-0.2, -0.15) is 8.78 Å². The molecule has 0 saturated heterocycles. The molecule has 0 amide bonds. The van der Waals surface area contributed by atoms with Gasteiger partial charge in [-0.3, -0.25) is 19.3 Å². The van der Waals surface area contributed by atoms with E-state index in [0.717, 1.165) is 18.5 Å². The normalized spacial score (nSPS) is 14.0. The molecule has 0 aliphatic heterocycles. The third-order valence-electron chi connectivity index (χ3n) is 5.14. The number of nitrogens with zero attached hydrogens (tertiary/aromatic N) is 4. The average molecular weight is 418 g/mol. The van der Waals surface area contributed by atoms with Crippen molar-refractivity contribution in [2.75, 3.05) is 6.61 Å². The van der Waals surface area contributed by atoms with Gasteiger partial charge in [0.1, 0.15) is 5.82 Å². The van der Waals surface area contributed by atoms with Gasteiger partial charge >= 0.3 is 6.61 Å². The molecule has 2 aromatic heterocycles. The van der Waals surface area contributed by atoms with Crippen LogP contribution in [0.2, 0.25) is 0 Å². The zero-order valence-corrected chi connectivity index (χ0v) is 16.2. The summed E-state index contributed by atoms with van der Waals surface area (Å²) in [6.45, 7) is -2.42. The number of fused-ring (bicyclic) bond motifs is 1. The van der Waals surface area contributed by atoms with E-state index in [-0.39, 0.29) is 23.1 Å². The van der Waals surface area contributed by atoms with Crippen molar-refractivity contribution < 1.29 is 17.9 Å². The Morgan fingerprint density at radius 2 is 1.93 bits per heavy atom. The van der Waals surface area contributed by atoms with E-state index >= 15 is 0 Å². The Morgan fingerprint density at radius 1 is 1.10 bits per heavy atom. The first-order valence-electron chi connectivity index (χ1n) is 9.93. The highest BCUT2D eigenvalue weighted by Gasteiger charge is 2.25. The van der Waals surface area contributed by atoms with Crippen molar-refractivity contribution in [1.82, 2.24) is 19.5 Å². The molecule has 2 heterocycles. The van der Waals surface area contributed by atoms with E-state index in [2.05, 4.69) is 19.7 Å². The van der Waals surface area contributed by atoms with Crippen molar-refractivity contribution in [2.24, 2.45) is 0 Å². The molecule has 0 N–H and O–H groups in total. The van der Waals surface area contributed by atoms with Gasteiger partial charge in [-0.15, -0.1) is 0 Å². The van der Waals surface area contributed by atoms with Crippen LogP contribution in [-0.4, -0.2) is 32.7 Å². The Morgan fingerprint density at radius 3 is 2.63 bits per heavy atom. The number of unbranched alkanes of at least 4 members (excludes halogenated alkanes) is 2. The predicted molar refractivity (Wildman–Crippen MR) is 105 cm³/mol. The van der Waals surface area contributed by atoms with Crippen molar-refractivity contribution in [1.29, 1.82) is 0 Å². The molecule has 30 heavy (non-hydrogen) atoms. The minimum absolute atomic E-state index is 0.0267. The molecule has 1 aromatic carbocycles. The molecule has 1 aliphatic carbocycles. The summed E-state index contributed by atoms with van der Waals surface area (Å²) in [5.41, 5.74) is 1.61. The third-order valence-corrected chi connectivity index (χ3v) is 5.14. The van der Waals surface area contributed by atoms with E-state index in [1.165, 1.54) is 23.0 Å². The molecule has 0 spiro atoms. The van der Waals surface area contributed by atoms with Crippen LogP contribution in [0.5, 0.6) is 0 Å². The fourth-order valence-corrected chi connectivity index (χ4v) is 3.33. The Labute approximate surface area is 170 Å². The minimum atomic E-state index is -2.76. The van der Waals surface area contributed by atoms with E-state index in [1.54, 1.807) is 12.4 Å². The topological polar surface area (TPSA) is 69.9 Å². The molecule has 0 bridgehead atoms. The molecular weight excluding hydrogens is 397 g/mol. The first-order chi connectivity index (χ1) is 14.5. The second-order valence-corrected chi connectivity index (χ2v) is 7.39. The maximum absolute atomic E-state index is 14.7. The minimum Gasteiger partial charge on any atom is -0.323 e. The van der Waals surface area contributed by atoms with Crippen LogP contribution in [0.25, 0.3) is 22.2 Å². The highest BCUT2D eigenvalue weighted by molar-refractivity contribution is 5.83. The van der Waals surface area contributed by atoms with E-state index in [9.17, 15) is 18.0 Å². The molecule has 1 saturated carbocycles. The smallest absolute Gasteiger partial charge is 0.323 e. The lowest BCUT2D eigenvalue weighted by Gasteiger charge is -2.09. The fraction of sp³-hybridized carbons (Fsp3) is 0.429. The monoisotopic (exact) mass is 418 g/mol. The molecule has 0 unspecified atom stereocenters.